The molecule has 5 heteroatoms. The summed E-state index contributed by atoms with van der Waals surface area (Å²) >= 11 is 0. The van der Waals surface area contributed by atoms with Gasteiger partial charge in [-0.05, 0) is 23.6 Å². The molecule has 3 heterocycles. The third kappa shape index (κ3) is 2.67. The molecule has 4 rings (SSSR count). The molecule has 0 unspecified atom stereocenters. The maximum Gasteiger partial charge on any atom is 0.131 e. The van der Waals surface area contributed by atoms with Crippen LogP contribution in [0.3, 0.4) is 0 Å². The fraction of sp³-hybridized carbons (Fsp3) is 0.294. The average Bonchev–Trinajstić information content (AvgIpc) is 2.98. The Hall–Kier alpha value is -2.40. The molecule has 0 spiro atoms. The summed E-state index contributed by atoms with van der Waals surface area (Å²) < 4.78 is 0. The molecule has 112 valence electrons. The Bertz CT molecular complexity index is 711. The highest BCUT2D eigenvalue weighted by atomic mass is 15.3. The van der Waals surface area contributed by atoms with E-state index < -0.39 is 0 Å². The molecule has 22 heavy (non-hydrogen) atoms. The van der Waals surface area contributed by atoms with Crippen LogP contribution in [0.1, 0.15) is 5.69 Å². The molecule has 1 N–H and O–H groups in total. The SMILES string of the molecule is c1ccc2[nH]c(CN3CCN(c4ccncn4)CC3)cc2c1. The number of benzene rings is 1. The second-order valence-corrected chi connectivity index (χ2v) is 5.71. The van der Waals surface area contributed by atoms with Crippen LogP contribution in [0, 0.1) is 0 Å². The minimum Gasteiger partial charge on any atom is -0.357 e. The third-order valence-electron chi connectivity index (χ3n) is 4.24. The summed E-state index contributed by atoms with van der Waals surface area (Å²) in [5.74, 6) is 1.03. The van der Waals surface area contributed by atoms with Crippen LogP contribution in [0.5, 0.6) is 0 Å². The quantitative estimate of drug-likeness (QED) is 0.805. The highest BCUT2D eigenvalue weighted by Crippen LogP contribution is 2.17. The summed E-state index contributed by atoms with van der Waals surface area (Å²) in [6.07, 6.45) is 3.42. The van der Waals surface area contributed by atoms with Crippen molar-refractivity contribution in [3.05, 3.63) is 54.6 Å². The van der Waals surface area contributed by atoms with Gasteiger partial charge in [0.25, 0.3) is 0 Å². The Morgan fingerprint density at radius 1 is 1.05 bits per heavy atom. The summed E-state index contributed by atoms with van der Waals surface area (Å²) in [6.45, 7) is 5.11. The van der Waals surface area contributed by atoms with Crippen LogP contribution < -0.4 is 4.90 Å². The molecule has 3 aromatic rings. The van der Waals surface area contributed by atoms with Crippen LogP contribution in [0.4, 0.5) is 5.82 Å². The number of nitrogens with one attached hydrogen (secondary N) is 1. The van der Waals surface area contributed by atoms with Crippen molar-refractivity contribution < 1.29 is 0 Å². The van der Waals surface area contributed by atoms with Crippen molar-refractivity contribution in [1.29, 1.82) is 0 Å². The number of piperazine rings is 1. The van der Waals surface area contributed by atoms with Gasteiger partial charge in [-0.3, -0.25) is 4.90 Å². The summed E-state index contributed by atoms with van der Waals surface area (Å²) in [5.41, 5.74) is 2.51. The van der Waals surface area contributed by atoms with E-state index in [0.29, 0.717) is 0 Å². The molecular weight excluding hydrogens is 274 g/mol. The maximum absolute atomic E-state index is 4.33. The van der Waals surface area contributed by atoms with Gasteiger partial charge in [0.05, 0.1) is 0 Å². The van der Waals surface area contributed by atoms with Crippen molar-refractivity contribution >= 4 is 16.7 Å². The van der Waals surface area contributed by atoms with Gasteiger partial charge in [-0.1, -0.05) is 18.2 Å². The van der Waals surface area contributed by atoms with Crippen LogP contribution in [0.2, 0.25) is 0 Å². The number of para-hydroxylation sites is 1. The first-order chi connectivity index (χ1) is 10.9. The summed E-state index contributed by atoms with van der Waals surface area (Å²) in [6, 6.07) is 12.7. The van der Waals surface area contributed by atoms with Crippen LogP contribution in [0.15, 0.2) is 48.9 Å². The zero-order valence-corrected chi connectivity index (χ0v) is 12.4. The lowest BCUT2D eigenvalue weighted by Gasteiger charge is -2.35. The van der Waals surface area contributed by atoms with E-state index in [2.05, 4.69) is 55.1 Å². The second kappa shape index (κ2) is 5.77. The van der Waals surface area contributed by atoms with Crippen LogP contribution in [-0.4, -0.2) is 46.0 Å². The van der Waals surface area contributed by atoms with Crippen molar-refractivity contribution in [3.8, 4) is 0 Å². The minimum atomic E-state index is 0.978. The fourth-order valence-corrected chi connectivity index (χ4v) is 3.07. The Morgan fingerprint density at radius 3 is 2.68 bits per heavy atom. The minimum absolute atomic E-state index is 0.978. The van der Waals surface area contributed by atoms with Gasteiger partial charge in [-0.15, -0.1) is 0 Å². The van der Waals surface area contributed by atoms with Gasteiger partial charge in [-0.2, -0.15) is 0 Å². The lowest BCUT2D eigenvalue weighted by atomic mass is 10.2. The van der Waals surface area contributed by atoms with Crippen LogP contribution in [0.25, 0.3) is 10.9 Å². The molecule has 0 saturated carbocycles. The molecule has 0 radical (unpaired) electrons. The topological polar surface area (TPSA) is 48.1 Å². The van der Waals surface area contributed by atoms with Crippen molar-refractivity contribution in [3.63, 3.8) is 0 Å². The van der Waals surface area contributed by atoms with Crippen molar-refractivity contribution in [2.75, 3.05) is 31.1 Å². The first-order valence-corrected chi connectivity index (χ1v) is 7.68. The summed E-state index contributed by atoms with van der Waals surface area (Å²) in [7, 11) is 0. The Morgan fingerprint density at radius 2 is 1.91 bits per heavy atom. The largest absolute Gasteiger partial charge is 0.357 e. The molecule has 2 aromatic heterocycles. The zero-order valence-electron chi connectivity index (χ0n) is 12.4. The van der Waals surface area contributed by atoms with E-state index in [1.54, 1.807) is 12.5 Å². The van der Waals surface area contributed by atoms with E-state index in [9.17, 15) is 0 Å². The normalized spacial score (nSPS) is 16.3. The van der Waals surface area contributed by atoms with Gasteiger partial charge in [0, 0.05) is 50.1 Å². The predicted molar refractivity (Wildman–Crippen MR) is 87.8 cm³/mol. The number of fused-ring (bicyclic) bond motifs is 1. The first kappa shape index (κ1) is 13.3. The molecule has 1 fully saturated rings. The lowest BCUT2D eigenvalue weighted by Crippen LogP contribution is -2.46. The monoisotopic (exact) mass is 293 g/mol. The number of nitrogens with zero attached hydrogens (tertiary/aromatic N) is 4. The van der Waals surface area contributed by atoms with Crippen LogP contribution >= 0.6 is 0 Å². The van der Waals surface area contributed by atoms with Crippen molar-refractivity contribution in [1.82, 2.24) is 19.9 Å². The van der Waals surface area contributed by atoms with Gasteiger partial charge < -0.3 is 9.88 Å². The molecule has 0 atom stereocenters. The van der Waals surface area contributed by atoms with Gasteiger partial charge in [0.2, 0.25) is 0 Å². The molecule has 1 aliphatic heterocycles. The summed E-state index contributed by atoms with van der Waals surface area (Å²) in [5, 5.41) is 1.29. The molecule has 5 nitrogen and oxygen atoms in total. The molecule has 0 amide bonds. The number of H-pyrrole nitrogens is 1. The van der Waals surface area contributed by atoms with Gasteiger partial charge >= 0.3 is 0 Å². The molecule has 1 saturated heterocycles. The second-order valence-electron chi connectivity index (χ2n) is 5.71. The number of rotatable bonds is 3. The van der Waals surface area contributed by atoms with E-state index in [-0.39, 0.29) is 0 Å². The van der Waals surface area contributed by atoms with E-state index in [1.807, 2.05) is 6.07 Å². The average molecular weight is 293 g/mol. The van der Waals surface area contributed by atoms with E-state index >= 15 is 0 Å². The number of hydrogen-bond acceptors (Lipinski definition) is 4. The van der Waals surface area contributed by atoms with E-state index in [1.165, 1.54) is 16.6 Å². The van der Waals surface area contributed by atoms with Gasteiger partial charge in [0.1, 0.15) is 12.1 Å². The lowest BCUT2D eigenvalue weighted by molar-refractivity contribution is 0.247. The number of aromatic amines is 1. The highest BCUT2D eigenvalue weighted by molar-refractivity contribution is 5.80. The standard InChI is InChI=1S/C17H19N5/c1-2-4-16-14(3-1)11-15(20-16)12-21-7-9-22(10-8-21)17-5-6-18-13-19-17/h1-6,11,13,20H,7-10,12H2. The van der Waals surface area contributed by atoms with Gasteiger partial charge in [-0.25, -0.2) is 9.97 Å². The molecule has 0 bridgehead atoms. The smallest absolute Gasteiger partial charge is 0.131 e. The van der Waals surface area contributed by atoms with Crippen molar-refractivity contribution in [2.24, 2.45) is 0 Å². The Labute approximate surface area is 129 Å². The van der Waals surface area contributed by atoms with E-state index in [4.69, 9.17) is 0 Å². The van der Waals surface area contributed by atoms with Gasteiger partial charge in [0.15, 0.2) is 0 Å². The molecule has 0 aliphatic carbocycles. The third-order valence-corrected chi connectivity index (χ3v) is 4.24. The number of hydrogen-bond donors (Lipinski definition) is 1. The maximum atomic E-state index is 4.33. The summed E-state index contributed by atoms with van der Waals surface area (Å²) in [4.78, 5) is 16.6. The first-order valence-electron chi connectivity index (χ1n) is 7.68. The molecule has 1 aromatic carbocycles. The zero-order chi connectivity index (χ0) is 14.8. The van der Waals surface area contributed by atoms with Crippen molar-refractivity contribution in [2.45, 2.75) is 6.54 Å². The van der Waals surface area contributed by atoms with E-state index in [0.717, 1.165) is 38.5 Å². The fourth-order valence-electron chi connectivity index (χ4n) is 3.07. The predicted octanol–water partition coefficient (Wildman–Crippen LogP) is 2.28. The van der Waals surface area contributed by atoms with Crippen LogP contribution in [-0.2, 0) is 6.54 Å². The Balaban J connectivity index is 1.39. The number of anilines is 1. The number of aromatic nitrogens is 3. The molecule has 1 aliphatic rings. The molecular formula is C17H19N5. The Kier molecular flexibility index (Phi) is 3.48. The highest BCUT2D eigenvalue weighted by Gasteiger charge is 2.18.